The second-order valence-corrected chi connectivity index (χ2v) is 6.05. The Hall–Kier alpha value is -1.55. The van der Waals surface area contributed by atoms with E-state index in [4.69, 9.17) is 5.11 Å². The summed E-state index contributed by atoms with van der Waals surface area (Å²) in [4.78, 5) is 0. The maximum atomic E-state index is 13.2. The molecule has 1 fully saturated rings. The van der Waals surface area contributed by atoms with E-state index in [-0.39, 0.29) is 5.75 Å². The molecule has 2 aromatic rings. The van der Waals surface area contributed by atoms with Gasteiger partial charge in [-0.3, -0.25) is 0 Å². The van der Waals surface area contributed by atoms with Crippen molar-refractivity contribution in [3.63, 3.8) is 0 Å². The molecule has 1 aliphatic rings. The molecule has 0 saturated heterocycles. The Morgan fingerprint density at radius 1 is 1.15 bits per heavy atom. The highest BCUT2D eigenvalue weighted by molar-refractivity contribution is 9.10. The largest absolute Gasteiger partial charge is 0.505 e. The third kappa shape index (κ3) is 2.66. The third-order valence-electron chi connectivity index (χ3n) is 3.80. The van der Waals surface area contributed by atoms with E-state index in [1.54, 1.807) is 6.07 Å². The summed E-state index contributed by atoms with van der Waals surface area (Å²) in [5.74, 6) is -0.350. The SMILES string of the molecule is Oc1ccc(NC2CC(c3ccccc3Br)C2)cc1F. The van der Waals surface area contributed by atoms with Gasteiger partial charge < -0.3 is 10.4 Å². The lowest BCUT2D eigenvalue weighted by atomic mass is 9.76. The zero-order valence-corrected chi connectivity index (χ0v) is 12.4. The van der Waals surface area contributed by atoms with E-state index in [0.717, 1.165) is 23.0 Å². The Balaban J connectivity index is 1.61. The van der Waals surface area contributed by atoms with Crippen LogP contribution in [-0.4, -0.2) is 11.1 Å². The van der Waals surface area contributed by atoms with Crippen LogP contribution < -0.4 is 5.32 Å². The fourth-order valence-corrected chi connectivity index (χ4v) is 3.24. The molecular weight excluding hydrogens is 321 g/mol. The van der Waals surface area contributed by atoms with Gasteiger partial charge in [0.25, 0.3) is 0 Å². The number of halogens is 2. The summed E-state index contributed by atoms with van der Waals surface area (Å²) < 4.78 is 14.4. The van der Waals surface area contributed by atoms with Crippen LogP contribution in [0.5, 0.6) is 5.75 Å². The number of hydrogen-bond acceptors (Lipinski definition) is 2. The second kappa shape index (κ2) is 5.44. The normalized spacial score (nSPS) is 21.3. The molecule has 104 valence electrons. The van der Waals surface area contributed by atoms with Crippen LogP contribution in [0.4, 0.5) is 10.1 Å². The van der Waals surface area contributed by atoms with Gasteiger partial charge in [0, 0.05) is 22.3 Å². The summed E-state index contributed by atoms with van der Waals surface area (Å²) in [5.41, 5.74) is 2.05. The van der Waals surface area contributed by atoms with Gasteiger partial charge >= 0.3 is 0 Å². The summed E-state index contributed by atoms with van der Waals surface area (Å²) in [6, 6.07) is 13.0. The molecule has 1 aliphatic carbocycles. The minimum atomic E-state index is -0.586. The van der Waals surface area contributed by atoms with E-state index >= 15 is 0 Å². The molecule has 3 rings (SSSR count). The topological polar surface area (TPSA) is 32.3 Å². The van der Waals surface area contributed by atoms with Crippen LogP contribution in [0.25, 0.3) is 0 Å². The lowest BCUT2D eigenvalue weighted by molar-refractivity contribution is 0.373. The first-order chi connectivity index (χ1) is 9.63. The van der Waals surface area contributed by atoms with Crippen LogP contribution in [0.1, 0.15) is 24.3 Å². The number of hydrogen-bond donors (Lipinski definition) is 2. The zero-order valence-electron chi connectivity index (χ0n) is 10.8. The molecule has 2 nitrogen and oxygen atoms in total. The zero-order chi connectivity index (χ0) is 14.1. The van der Waals surface area contributed by atoms with E-state index in [0.29, 0.717) is 12.0 Å². The maximum absolute atomic E-state index is 13.2. The van der Waals surface area contributed by atoms with Gasteiger partial charge in [0.15, 0.2) is 11.6 Å². The summed E-state index contributed by atoms with van der Waals surface area (Å²) in [5, 5.41) is 12.5. The Morgan fingerprint density at radius 3 is 2.60 bits per heavy atom. The van der Waals surface area contributed by atoms with E-state index in [9.17, 15) is 4.39 Å². The summed E-state index contributed by atoms with van der Waals surface area (Å²) in [7, 11) is 0. The number of phenols is 1. The highest BCUT2D eigenvalue weighted by Gasteiger charge is 2.31. The first-order valence-electron chi connectivity index (χ1n) is 6.63. The van der Waals surface area contributed by atoms with Gasteiger partial charge in [-0.05, 0) is 42.5 Å². The molecule has 0 spiro atoms. The van der Waals surface area contributed by atoms with Crippen molar-refractivity contribution in [1.82, 2.24) is 0 Å². The number of benzene rings is 2. The van der Waals surface area contributed by atoms with Crippen LogP contribution in [-0.2, 0) is 0 Å². The van der Waals surface area contributed by atoms with Crippen LogP contribution >= 0.6 is 15.9 Å². The summed E-state index contributed by atoms with van der Waals surface area (Å²) in [6.07, 6.45) is 2.07. The van der Waals surface area contributed by atoms with Crippen molar-refractivity contribution >= 4 is 21.6 Å². The number of anilines is 1. The average molecular weight is 336 g/mol. The van der Waals surface area contributed by atoms with Crippen molar-refractivity contribution < 1.29 is 9.50 Å². The number of nitrogens with one attached hydrogen (secondary N) is 1. The Kier molecular flexibility index (Phi) is 3.66. The van der Waals surface area contributed by atoms with Crippen molar-refractivity contribution in [3.8, 4) is 5.75 Å². The molecule has 4 heteroatoms. The molecule has 0 unspecified atom stereocenters. The van der Waals surface area contributed by atoms with Crippen LogP contribution in [0.2, 0.25) is 0 Å². The first-order valence-corrected chi connectivity index (χ1v) is 7.42. The molecule has 2 N–H and O–H groups in total. The highest BCUT2D eigenvalue weighted by Crippen LogP contribution is 2.41. The van der Waals surface area contributed by atoms with E-state index < -0.39 is 5.82 Å². The molecule has 0 amide bonds. The van der Waals surface area contributed by atoms with Crippen LogP contribution in [0.3, 0.4) is 0 Å². The molecule has 2 aromatic carbocycles. The molecular formula is C16H15BrFNO. The predicted octanol–water partition coefficient (Wildman–Crippen LogP) is 4.65. The van der Waals surface area contributed by atoms with Crippen molar-refractivity contribution in [2.75, 3.05) is 5.32 Å². The highest BCUT2D eigenvalue weighted by atomic mass is 79.9. The van der Waals surface area contributed by atoms with Crippen molar-refractivity contribution in [3.05, 3.63) is 58.3 Å². The van der Waals surface area contributed by atoms with Crippen molar-refractivity contribution in [1.29, 1.82) is 0 Å². The molecule has 0 aliphatic heterocycles. The lowest BCUT2D eigenvalue weighted by Gasteiger charge is -2.37. The van der Waals surface area contributed by atoms with Gasteiger partial charge in [-0.1, -0.05) is 34.1 Å². The van der Waals surface area contributed by atoms with E-state index in [2.05, 4.69) is 39.4 Å². The van der Waals surface area contributed by atoms with Gasteiger partial charge in [0.2, 0.25) is 0 Å². The van der Waals surface area contributed by atoms with E-state index in [1.807, 2.05) is 6.07 Å². The summed E-state index contributed by atoms with van der Waals surface area (Å²) in [6.45, 7) is 0. The van der Waals surface area contributed by atoms with Crippen LogP contribution in [0.15, 0.2) is 46.9 Å². The fraction of sp³-hybridized carbons (Fsp3) is 0.250. The van der Waals surface area contributed by atoms with E-state index in [1.165, 1.54) is 17.7 Å². The number of rotatable bonds is 3. The van der Waals surface area contributed by atoms with Crippen LogP contribution in [0, 0.1) is 5.82 Å². The molecule has 0 bridgehead atoms. The fourth-order valence-electron chi connectivity index (χ4n) is 2.63. The Labute approximate surface area is 125 Å². The minimum Gasteiger partial charge on any atom is -0.505 e. The molecule has 0 heterocycles. The predicted molar refractivity (Wildman–Crippen MR) is 81.6 cm³/mol. The van der Waals surface area contributed by atoms with Gasteiger partial charge in [0.05, 0.1) is 0 Å². The minimum absolute atomic E-state index is 0.310. The quantitative estimate of drug-likeness (QED) is 0.800. The smallest absolute Gasteiger partial charge is 0.166 e. The second-order valence-electron chi connectivity index (χ2n) is 5.20. The Bertz CT molecular complexity index is 626. The first kappa shape index (κ1) is 13.4. The number of aromatic hydroxyl groups is 1. The molecule has 20 heavy (non-hydrogen) atoms. The molecule has 1 saturated carbocycles. The van der Waals surface area contributed by atoms with Crippen molar-refractivity contribution in [2.24, 2.45) is 0 Å². The van der Waals surface area contributed by atoms with Gasteiger partial charge in [-0.2, -0.15) is 0 Å². The van der Waals surface area contributed by atoms with Gasteiger partial charge in [-0.25, -0.2) is 4.39 Å². The maximum Gasteiger partial charge on any atom is 0.166 e. The van der Waals surface area contributed by atoms with Gasteiger partial charge in [-0.15, -0.1) is 0 Å². The Morgan fingerprint density at radius 2 is 1.90 bits per heavy atom. The molecule has 0 radical (unpaired) electrons. The van der Waals surface area contributed by atoms with Gasteiger partial charge in [0.1, 0.15) is 0 Å². The molecule has 0 aromatic heterocycles. The lowest BCUT2D eigenvalue weighted by Crippen LogP contribution is -2.34. The molecule has 0 atom stereocenters. The monoisotopic (exact) mass is 335 g/mol. The number of phenolic OH excluding ortho intramolecular Hbond substituents is 1. The van der Waals surface area contributed by atoms with Crippen molar-refractivity contribution in [2.45, 2.75) is 24.8 Å². The standard InChI is InChI=1S/C16H15BrFNO/c17-14-4-2-1-3-13(14)10-7-12(8-10)19-11-5-6-16(20)15(18)9-11/h1-6,9-10,12,19-20H,7-8H2. The summed E-state index contributed by atoms with van der Waals surface area (Å²) >= 11 is 3.58. The third-order valence-corrected chi connectivity index (χ3v) is 4.52. The average Bonchev–Trinajstić information content (AvgIpc) is 2.39.